The van der Waals surface area contributed by atoms with Gasteiger partial charge in [-0.2, -0.15) is 4.31 Å². The number of alkyl halides is 1. The smallest absolute Gasteiger partial charge is 0.212 e. The monoisotopic (exact) mass is 355 g/mol. The second kappa shape index (κ2) is 6.84. The van der Waals surface area contributed by atoms with Crippen molar-refractivity contribution in [1.29, 1.82) is 0 Å². The molecule has 20 heavy (non-hydrogen) atoms. The molecular weight excluding hydrogens is 341 g/mol. The van der Waals surface area contributed by atoms with Gasteiger partial charge >= 0.3 is 0 Å². The zero-order valence-corrected chi connectivity index (χ0v) is 13.9. The molecule has 0 saturated carbocycles. The Morgan fingerprint density at radius 1 is 1.25 bits per heavy atom. The Kier molecular flexibility index (Phi) is 5.60. The molecule has 112 valence electrons. The standard InChI is InChI=1S/C13H16Cl3NO2S/c14-6-2-8-20(18,19)17-7-1-3-13(17)10-4-5-11(15)12(16)9-10/h4-5,9,13H,1-3,6-8H2. The fraction of sp³-hybridized carbons (Fsp3) is 0.538. The van der Waals surface area contributed by atoms with E-state index in [1.54, 1.807) is 16.4 Å². The van der Waals surface area contributed by atoms with E-state index in [1.165, 1.54) is 0 Å². The Bertz CT molecular complexity index is 577. The molecule has 0 bridgehead atoms. The predicted molar refractivity (Wildman–Crippen MR) is 84.3 cm³/mol. The van der Waals surface area contributed by atoms with Gasteiger partial charge in [0, 0.05) is 18.5 Å². The maximum atomic E-state index is 12.3. The van der Waals surface area contributed by atoms with Crippen molar-refractivity contribution in [2.75, 3.05) is 18.2 Å². The molecule has 1 heterocycles. The van der Waals surface area contributed by atoms with Crippen molar-refractivity contribution in [2.24, 2.45) is 0 Å². The maximum Gasteiger partial charge on any atom is 0.214 e. The topological polar surface area (TPSA) is 37.4 Å². The van der Waals surface area contributed by atoms with Crippen LogP contribution in [0.15, 0.2) is 18.2 Å². The summed E-state index contributed by atoms with van der Waals surface area (Å²) in [6.07, 6.45) is 2.12. The summed E-state index contributed by atoms with van der Waals surface area (Å²) in [5.74, 6) is 0.443. The highest BCUT2D eigenvalue weighted by Crippen LogP contribution is 2.36. The van der Waals surface area contributed by atoms with Gasteiger partial charge in [0.25, 0.3) is 0 Å². The van der Waals surface area contributed by atoms with Crippen molar-refractivity contribution in [2.45, 2.75) is 25.3 Å². The van der Waals surface area contributed by atoms with E-state index >= 15 is 0 Å². The summed E-state index contributed by atoms with van der Waals surface area (Å²) in [6, 6.07) is 5.16. The number of sulfonamides is 1. The number of hydrogen-bond donors (Lipinski definition) is 0. The molecule has 0 N–H and O–H groups in total. The van der Waals surface area contributed by atoms with E-state index in [1.807, 2.05) is 6.07 Å². The molecule has 1 atom stereocenters. The third-order valence-electron chi connectivity index (χ3n) is 3.43. The van der Waals surface area contributed by atoms with Gasteiger partial charge in [-0.25, -0.2) is 8.42 Å². The first-order valence-electron chi connectivity index (χ1n) is 6.46. The van der Waals surface area contributed by atoms with Crippen LogP contribution in [0.4, 0.5) is 0 Å². The Balaban J connectivity index is 2.24. The van der Waals surface area contributed by atoms with Gasteiger partial charge in [-0.3, -0.25) is 0 Å². The molecule has 3 nitrogen and oxygen atoms in total. The lowest BCUT2D eigenvalue weighted by atomic mass is 10.1. The SMILES string of the molecule is O=S(=O)(CCCCl)N1CCCC1c1ccc(Cl)c(Cl)c1. The molecule has 1 aromatic carbocycles. The quantitative estimate of drug-likeness (QED) is 0.745. The van der Waals surface area contributed by atoms with Crippen molar-refractivity contribution in [3.63, 3.8) is 0 Å². The largest absolute Gasteiger partial charge is 0.214 e. The molecule has 2 rings (SSSR count). The molecule has 1 unspecified atom stereocenters. The van der Waals surface area contributed by atoms with Gasteiger partial charge in [-0.05, 0) is 37.0 Å². The van der Waals surface area contributed by atoms with Crippen LogP contribution in [0.25, 0.3) is 0 Å². The van der Waals surface area contributed by atoms with Crippen molar-refractivity contribution < 1.29 is 8.42 Å². The van der Waals surface area contributed by atoms with Crippen LogP contribution in [0, 0.1) is 0 Å². The first-order valence-corrected chi connectivity index (χ1v) is 9.36. The maximum absolute atomic E-state index is 12.3. The molecule has 1 aromatic rings. The number of benzene rings is 1. The molecule has 0 amide bonds. The van der Waals surface area contributed by atoms with E-state index in [4.69, 9.17) is 34.8 Å². The zero-order chi connectivity index (χ0) is 14.8. The van der Waals surface area contributed by atoms with Crippen LogP contribution in [0.3, 0.4) is 0 Å². The number of nitrogens with zero attached hydrogens (tertiary/aromatic N) is 1. The van der Waals surface area contributed by atoms with Gasteiger partial charge in [0.1, 0.15) is 0 Å². The molecular formula is C13H16Cl3NO2S. The van der Waals surface area contributed by atoms with Gasteiger partial charge < -0.3 is 0 Å². The van der Waals surface area contributed by atoms with Gasteiger partial charge in [-0.1, -0.05) is 29.3 Å². The van der Waals surface area contributed by atoms with Crippen molar-refractivity contribution in [3.8, 4) is 0 Å². The van der Waals surface area contributed by atoms with Crippen LogP contribution in [-0.4, -0.2) is 30.9 Å². The fourth-order valence-corrected chi connectivity index (χ4v) is 4.84. The van der Waals surface area contributed by atoms with E-state index in [0.29, 0.717) is 28.9 Å². The molecule has 1 aliphatic rings. The van der Waals surface area contributed by atoms with Gasteiger partial charge in [0.05, 0.1) is 15.8 Å². The van der Waals surface area contributed by atoms with Crippen LogP contribution < -0.4 is 0 Å². The molecule has 1 aliphatic heterocycles. The van der Waals surface area contributed by atoms with Crippen LogP contribution in [0.1, 0.15) is 30.9 Å². The second-order valence-electron chi connectivity index (χ2n) is 4.80. The minimum absolute atomic E-state index is 0.0916. The molecule has 0 aliphatic carbocycles. The van der Waals surface area contributed by atoms with Crippen molar-refractivity contribution in [1.82, 2.24) is 4.31 Å². The zero-order valence-electron chi connectivity index (χ0n) is 10.9. The third-order valence-corrected chi connectivity index (χ3v) is 6.39. The van der Waals surface area contributed by atoms with E-state index in [0.717, 1.165) is 18.4 Å². The van der Waals surface area contributed by atoms with Gasteiger partial charge in [0.2, 0.25) is 10.0 Å². The lowest BCUT2D eigenvalue weighted by Crippen LogP contribution is -2.32. The van der Waals surface area contributed by atoms with Crippen LogP contribution >= 0.6 is 34.8 Å². The Morgan fingerprint density at radius 2 is 2.00 bits per heavy atom. The summed E-state index contributed by atoms with van der Waals surface area (Å²) < 4.78 is 26.2. The summed E-state index contributed by atoms with van der Waals surface area (Å²) >= 11 is 17.5. The minimum atomic E-state index is -3.27. The molecule has 1 saturated heterocycles. The first kappa shape index (κ1) is 16.4. The second-order valence-corrected chi connectivity index (χ2v) is 8.03. The summed E-state index contributed by atoms with van der Waals surface area (Å²) in [5.41, 5.74) is 0.895. The van der Waals surface area contributed by atoms with E-state index in [-0.39, 0.29) is 11.8 Å². The minimum Gasteiger partial charge on any atom is -0.212 e. The Labute approximate surface area is 134 Å². The van der Waals surface area contributed by atoms with E-state index in [2.05, 4.69) is 0 Å². The normalized spacial score (nSPS) is 20.4. The van der Waals surface area contributed by atoms with Crippen LogP contribution in [0.5, 0.6) is 0 Å². The Morgan fingerprint density at radius 3 is 2.65 bits per heavy atom. The summed E-state index contributed by atoms with van der Waals surface area (Å²) in [6.45, 7) is 0.551. The van der Waals surface area contributed by atoms with E-state index < -0.39 is 10.0 Å². The van der Waals surface area contributed by atoms with Crippen LogP contribution in [0.2, 0.25) is 10.0 Å². The van der Waals surface area contributed by atoms with Gasteiger partial charge in [0.15, 0.2) is 0 Å². The fourth-order valence-electron chi connectivity index (χ4n) is 2.48. The third kappa shape index (κ3) is 3.60. The van der Waals surface area contributed by atoms with Crippen molar-refractivity contribution >= 4 is 44.8 Å². The highest BCUT2D eigenvalue weighted by molar-refractivity contribution is 7.89. The number of hydrogen-bond acceptors (Lipinski definition) is 2. The molecule has 0 spiro atoms. The lowest BCUT2D eigenvalue weighted by molar-refractivity contribution is 0.396. The van der Waals surface area contributed by atoms with Gasteiger partial charge in [-0.15, -0.1) is 11.6 Å². The highest BCUT2D eigenvalue weighted by atomic mass is 35.5. The predicted octanol–water partition coefficient (Wildman–Crippen LogP) is 4.09. The summed E-state index contributed by atoms with van der Waals surface area (Å²) in [7, 11) is -3.27. The van der Waals surface area contributed by atoms with E-state index in [9.17, 15) is 8.42 Å². The molecule has 0 radical (unpaired) electrons. The Hall–Kier alpha value is -0.000000000000000111. The van der Waals surface area contributed by atoms with Crippen molar-refractivity contribution in [3.05, 3.63) is 33.8 Å². The average Bonchev–Trinajstić information content (AvgIpc) is 2.90. The number of rotatable bonds is 5. The number of halogens is 3. The van der Waals surface area contributed by atoms with Crippen LogP contribution in [-0.2, 0) is 10.0 Å². The molecule has 1 fully saturated rings. The first-order chi connectivity index (χ1) is 9.45. The summed E-state index contributed by atoms with van der Waals surface area (Å²) in [4.78, 5) is 0. The molecule has 7 heteroatoms. The lowest BCUT2D eigenvalue weighted by Gasteiger charge is -2.24. The average molecular weight is 357 g/mol. The molecule has 0 aromatic heterocycles. The summed E-state index contributed by atoms with van der Waals surface area (Å²) in [5, 5.41) is 0.930. The highest BCUT2D eigenvalue weighted by Gasteiger charge is 2.34.